The highest BCUT2D eigenvalue weighted by atomic mass is 16.3. The van der Waals surface area contributed by atoms with Crippen LogP contribution in [0, 0.1) is 0 Å². The maximum Gasteiger partial charge on any atom is 0.221 e. The Balaban J connectivity index is 2.46. The van der Waals surface area contributed by atoms with Crippen LogP contribution in [0.5, 0.6) is 0 Å². The number of amides is 1. The molecule has 0 bridgehead atoms. The third-order valence-electron chi connectivity index (χ3n) is 2.77. The van der Waals surface area contributed by atoms with Crippen molar-refractivity contribution in [2.24, 2.45) is 5.73 Å². The van der Waals surface area contributed by atoms with Crippen molar-refractivity contribution in [2.75, 3.05) is 11.9 Å². The van der Waals surface area contributed by atoms with Crippen LogP contribution in [0.2, 0.25) is 0 Å². The molecule has 2 aromatic heterocycles. The minimum absolute atomic E-state index is 0.0771. The molecule has 0 spiro atoms. The Hall–Kier alpha value is -2.21. The molecular formula is C14H18N4O2. The van der Waals surface area contributed by atoms with Crippen LogP contribution in [0.4, 0.5) is 5.69 Å². The van der Waals surface area contributed by atoms with E-state index in [1.54, 1.807) is 32.3 Å². The van der Waals surface area contributed by atoms with E-state index in [1.807, 2.05) is 6.07 Å². The number of aromatic nitrogens is 2. The number of hydrogen-bond donors (Lipinski definition) is 3. The van der Waals surface area contributed by atoms with Gasteiger partial charge in [0.1, 0.15) is 5.52 Å². The third-order valence-corrected chi connectivity index (χ3v) is 2.77. The molecule has 0 aromatic carbocycles. The molecule has 0 unspecified atom stereocenters. The van der Waals surface area contributed by atoms with Crippen molar-refractivity contribution >= 4 is 22.6 Å². The molecule has 6 heteroatoms. The van der Waals surface area contributed by atoms with E-state index in [4.69, 9.17) is 5.73 Å². The molecule has 1 amide bonds. The van der Waals surface area contributed by atoms with E-state index >= 15 is 0 Å². The summed E-state index contributed by atoms with van der Waals surface area (Å²) in [6.07, 6.45) is 3.35. The molecule has 0 saturated heterocycles. The van der Waals surface area contributed by atoms with Crippen molar-refractivity contribution in [3.8, 4) is 0 Å². The van der Waals surface area contributed by atoms with Crippen LogP contribution in [-0.4, -0.2) is 33.1 Å². The van der Waals surface area contributed by atoms with Crippen LogP contribution in [0.25, 0.3) is 11.0 Å². The number of primary amides is 1. The Morgan fingerprint density at radius 1 is 1.45 bits per heavy atom. The van der Waals surface area contributed by atoms with Gasteiger partial charge in [0.15, 0.2) is 0 Å². The second kappa shape index (κ2) is 5.42. The van der Waals surface area contributed by atoms with Crippen molar-refractivity contribution in [1.82, 2.24) is 9.97 Å². The second-order valence-electron chi connectivity index (χ2n) is 5.34. The van der Waals surface area contributed by atoms with Crippen molar-refractivity contribution in [3.63, 3.8) is 0 Å². The first-order valence-corrected chi connectivity index (χ1v) is 6.34. The van der Waals surface area contributed by atoms with E-state index in [0.717, 1.165) is 5.52 Å². The quantitative estimate of drug-likeness (QED) is 0.750. The van der Waals surface area contributed by atoms with Crippen LogP contribution < -0.4 is 11.1 Å². The summed E-state index contributed by atoms with van der Waals surface area (Å²) < 4.78 is 0. The summed E-state index contributed by atoms with van der Waals surface area (Å²) in [7, 11) is 0. The molecule has 2 aromatic rings. The van der Waals surface area contributed by atoms with Crippen molar-refractivity contribution in [2.45, 2.75) is 25.9 Å². The monoisotopic (exact) mass is 274 g/mol. The number of rotatable bonds is 5. The largest absolute Gasteiger partial charge is 0.389 e. The average molecular weight is 274 g/mol. The van der Waals surface area contributed by atoms with Gasteiger partial charge >= 0.3 is 0 Å². The highest BCUT2D eigenvalue weighted by Crippen LogP contribution is 2.25. The first-order valence-electron chi connectivity index (χ1n) is 6.34. The minimum atomic E-state index is -0.881. The maximum absolute atomic E-state index is 11.2. The first kappa shape index (κ1) is 14.2. The summed E-state index contributed by atoms with van der Waals surface area (Å²) in [5.41, 5.74) is 7.12. The molecule has 0 saturated carbocycles. The summed E-state index contributed by atoms with van der Waals surface area (Å²) in [6, 6.07) is 3.63. The Kier molecular flexibility index (Phi) is 3.85. The Morgan fingerprint density at radius 3 is 2.85 bits per heavy atom. The highest BCUT2D eigenvalue weighted by Gasteiger charge is 2.16. The Bertz CT molecular complexity index is 635. The Morgan fingerprint density at radius 2 is 2.20 bits per heavy atom. The number of aliphatic hydroxyl groups is 1. The molecule has 4 N–H and O–H groups in total. The topological polar surface area (TPSA) is 101 Å². The number of nitrogens with one attached hydrogen (secondary N) is 1. The van der Waals surface area contributed by atoms with E-state index in [9.17, 15) is 9.90 Å². The van der Waals surface area contributed by atoms with E-state index in [1.165, 1.54) is 0 Å². The zero-order chi connectivity index (χ0) is 14.8. The van der Waals surface area contributed by atoms with Crippen LogP contribution in [0.1, 0.15) is 19.4 Å². The van der Waals surface area contributed by atoms with Crippen LogP contribution in [0.3, 0.4) is 0 Å². The molecule has 106 valence electrons. The summed E-state index contributed by atoms with van der Waals surface area (Å²) in [5, 5.41) is 13.0. The number of nitrogens with two attached hydrogens (primary N) is 1. The lowest BCUT2D eigenvalue weighted by Crippen LogP contribution is -2.30. The molecule has 0 atom stereocenters. The molecule has 0 fully saturated rings. The molecular weight excluding hydrogens is 256 g/mol. The third kappa shape index (κ3) is 3.42. The molecule has 0 aliphatic rings. The SMILES string of the molecule is CC(C)(O)CNc1c(CC(N)=O)cnc2cccnc12. The second-order valence-corrected chi connectivity index (χ2v) is 5.34. The molecule has 0 aliphatic carbocycles. The fourth-order valence-electron chi connectivity index (χ4n) is 1.88. The minimum Gasteiger partial charge on any atom is -0.389 e. The van der Waals surface area contributed by atoms with Gasteiger partial charge in [0, 0.05) is 24.5 Å². The molecule has 6 nitrogen and oxygen atoms in total. The lowest BCUT2D eigenvalue weighted by atomic mass is 10.1. The van der Waals surface area contributed by atoms with Crippen molar-refractivity contribution < 1.29 is 9.90 Å². The van der Waals surface area contributed by atoms with Gasteiger partial charge in [-0.15, -0.1) is 0 Å². The predicted octanol–water partition coefficient (Wildman–Crippen LogP) is 0.840. The molecule has 0 radical (unpaired) electrons. The van der Waals surface area contributed by atoms with Gasteiger partial charge in [-0.1, -0.05) is 0 Å². The van der Waals surface area contributed by atoms with Gasteiger partial charge in [0.2, 0.25) is 5.91 Å². The summed E-state index contributed by atoms with van der Waals surface area (Å²) >= 11 is 0. The molecule has 20 heavy (non-hydrogen) atoms. The van der Waals surface area contributed by atoms with E-state index in [-0.39, 0.29) is 6.42 Å². The number of anilines is 1. The lowest BCUT2D eigenvalue weighted by molar-refractivity contribution is -0.117. The fourth-order valence-corrected chi connectivity index (χ4v) is 1.88. The predicted molar refractivity (Wildman–Crippen MR) is 77.2 cm³/mol. The number of hydrogen-bond acceptors (Lipinski definition) is 5. The number of carbonyl (C=O) groups excluding carboxylic acids is 1. The number of fused-ring (bicyclic) bond motifs is 1. The zero-order valence-corrected chi connectivity index (χ0v) is 11.6. The molecule has 2 heterocycles. The normalized spacial score (nSPS) is 11.6. The number of pyridine rings is 2. The summed E-state index contributed by atoms with van der Waals surface area (Å²) in [6.45, 7) is 3.73. The lowest BCUT2D eigenvalue weighted by Gasteiger charge is -2.20. The van der Waals surface area contributed by atoms with Crippen LogP contribution in [0.15, 0.2) is 24.5 Å². The van der Waals surface area contributed by atoms with Gasteiger partial charge in [-0.05, 0) is 26.0 Å². The van der Waals surface area contributed by atoms with E-state index in [2.05, 4.69) is 15.3 Å². The van der Waals surface area contributed by atoms with E-state index in [0.29, 0.717) is 23.3 Å². The zero-order valence-electron chi connectivity index (χ0n) is 11.6. The molecule has 0 aliphatic heterocycles. The first-order chi connectivity index (χ1) is 9.37. The van der Waals surface area contributed by atoms with Crippen molar-refractivity contribution in [3.05, 3.63) is 30.1 Å². The smallest absolute Gasteiger partial charge is 0.221 e. The number of nitrogens with zero attached hydrogens (tertiary/aromatic N) is 2. The van der Waals surface area contributed by atoms with Gasteiger partial charge in [0.25, 0.3) is 0 Å². The van der Waals surface area contributed by atoms with Gasteiger partial charge in [0.05, 0.1) is 23.2 Å². The Labute approximate surface area is 117 Å². The van der Waals surface area contributed by atoms with E-state index < -0.39 is 11.5 Å². The standard InChI is InChI=1S/C14H18N4O2/c1-14(2,20)8-18-12-9(6-11(15)19)7-17-10-4-3-5-16-13(10)12/h3-5,7,20H,6,8H2,1-2H3,(H2,15,19)(H,17,18). The molecule has 2 rings (SSSR count). The summed E-state index contributed by atoms with van der Waals surface area (Å²) in [5.74, 6) is -0.437. The van der Waals surface area contributed by atoms with Crippen LogP contribution in [-0.2, 0) is 11.2 Å². The van der Waals surface area contributed by atoms with Gasteiger partial charge in [-0.3, -0.25) is 14.8 Å². The van der Waals surface area contributed by atoms with Crippen molar-refractivity contribution in [1.29, 1.82) is 0 Å². The van der Waals surface area contributed by atoms with Crippen LogP contribution >= 0.6 is 0 Å². The van der Waals surface area contributed by atoms with Gasteiger partial charge in [-0.25, -0.2) is 0 Å². The highest BCUT2D eigenvalue weighted by molar-refractivity contribution is 5.91. The fraction of sp³-hybridized carbons (Fsp3) is 0.357. The average Bonchev–Trinajstić information content (AvgIpc) is 2.35. The van der Waals surface area contributed by atoms with Gasteiger partial charge in [-0.2, -0.15) is 0 Å². The summed E-state index contributed by atoms with van der Waals surface area (Å²) in [4.78, 5) is 19.7. The maximum atomic E-state index is 11.2. The van der Waals surface area contributed by atoms with Gasteiger partial charge < -0.3 is 16.2 Å². The number of carbonyl (C=O) groups is 1.